The number of hydrogen-bond donors (Lipinski definition) is 0. The molecule has 0 bridgehead atoms. The maximum absolute atomic E-state index is 5.57. The minimum absolute atomic E-state index is 0.557. The average molecular weight is 769 g/mol. The van der Waals surface area contributed by atoms with E-state index in [-0.39, 0.29) is 0 Å². The van der Waals surface area contributed by atoms with Crippen LogP contribution >= 0.6 is 0 Å². The van der Waals surface area contributed by atoms with Crippen LogP contribution in [0.5, 0.6) is 5.75 Å². The molecule has 0 unspecified atom stereocenters. The third-order valence-electron chi connectivity index (χ3n) is 12.3. The van der Waals surface area contributed by atoms with Gasteiger partial charge in [0.15, 0.2) is 0 Å². The molecular formula is C57H40N2O. The van der Waals surface area contributed by atoms with Gasteiger partial charge in [-0.2, -0.15) is 0 Å². The largest absolute Gasteiger partial charge is 0.497 e. The lowest BCUT2D eigenvalue weighted by Crippen LogP contribution is -2.28. The lowest BCUT2D eigenvalue weighted by atomic mass is 9.67. The lowest BCUT2D eigenvalue weighted by Gasteiger charge is -2.35. The summed E-state index contributed by atoms with van der Waals surface area (Å²) in [6.07, 6.45) is 1.90. The zero-order valence-electron chi connectivity index (χ0n) is 33.2. The van der Waals surface area contributed by atoms with Crippen molar-refractivity contribution in [3.63, 3.8) is 0 Å². The molecule has 0 amide bonds. The van der Waals surface area contributed by atoms with Gasteiger partial charge in [0.2, 0.25) is 0 Å². The van der Waals surface area contributed by atoms with Gasteiger partial charge in [-0.1, -0.05) is 164 Å². The molecule has 0 atom stereocenters. The predicted molar refractivity (Wildman–Crippen MR) is 249 cm³/mol. The molecule has 1 aliphatic rings. The molecule has 3 nitrogen and oxygen atoms in total. The summed E-state index contributed by atoms with van der Waals surface area (Å²) in [5.41, 5.74) is 14.7. The zero-order valence-corrected chi connectivity index (χ0v) is 33.2. The van der Waals surface area contributed by atoms with Crippen molar-refractivity contribution >= 4 is 38.6 Å². The second kappa shape index (κ2) is 14.6. The van der Waals surface area contributed by atoms with Crippen molar-refractivity contribution in [3.05, 3.63) is 247 Å². The molecule has 0 aliphatic heterocycles. The highest BCUT2D eigenvalue weighted by molar-refractivity contribution is 5.99. The van der Waals surface area contributed by atoms with Gasteiger partial charge in [0, 0.05) is 33.9 Å². The fraction of sp³-hybridized carbons (Fsp3) is 0.0351. The fourth-order valence-corrected chi connectivity index (χ4v) is 9.55. The summed E-state index contributed by atoms with van der Waals surface area (Å²) in [5.74, 6) is 0.826. The molecule has 0 N–H and O–H groups in total. The molecule has 60 heavy (non-hydrogen) atoms. The van der Waals surface area contributed by atoms with Crippen molar-refractivity contribution in [3.8, 4) is 39.3 Å². The maximum Gasteiger partial charge on any atom is 0.119 e. The minimum atomic E-state index is -0.557. The summed E-state index contributed by atoms with van der Waals surface area (Å²) in [4.78, 5) is 7.15. The molecule has 284 valence electrons. The Morgan fingerprint density at radius 1 is 0.433 bits per heavy atom. The average Bonchev–Trinajstić information content (AvgIpc) is 3.63. The van der Waals surface area contributed by atoms with Crippen molar-refractivity contribution in [1.82, 2.24) is 4.98 Å². The number of pyridine rings is 1. The van der Waals surface area contributed by atoms with Gasteiger partial charge in [-0.15, -0.1) is 0 Å². The molecule has 9 aromatic carbocycles. The topological polar surface area (TPSA) is 25.4 Å². The van der Waals surface area contributed by atoms with Crippen LogP contribution in [0, 0.1) is 0 Å². The van der Waals surface area contributed by atoms with Crippen molar-refractivity contribution in [2.75, 3.05) is 12.0 Å². The summed E-state index contributed by atoms with van der Waals surface area (Å²) < 4.78 is 5.57. The van der Waals surface area contributed by atoms with Crippen LogP contribution in [0.3, 0.4) is 0 Å². The van der Waals surface area contributed by atoms with Crippen LogP contribution in [-0.4, -0.2) is 12.1 Å². The smallest absolute Gasteiger partial charge is 0.119 e. The molecule has 0 spiro atoms. The van der Waals surface area contributed by atoms with E-state index in [0.717, 1.165) is 45.0 Å². The third kappa shape index (κ3) is 5.70. The number of benzene rings is 9. The van der Waals surface area contributed by atoms with Crippen LogP contribution < -0.4 is 9.64 Å². The van der Waals surface area contributed by atoms with Crippen LogP contribution in [0.1, 0.15) is 22.3 Å². The molecule has 3 heteroatoms. The number of methoxy groups -OCH3 is 1. The molecule has 1 aromatic heterocycles. The van der Waals surface area contributed by atoms with Gasteiger partial charge in [-0.3, -0.25) is 4.98 Å². The van der Waals surface area contributed by atoms with Gasteiger partial charge in [-0.05, 0) is 110 Å². The van der Waals surface area contributed by atoms with E-state index in [4.69, 9.17) is 9.72 Å². The normalized spacial score (nSPS) is 12.6. The van der Waals surface area contributed by atoms with Gasteiger partial charge < -0.3 is 9.64 Å². The van der Waals surface area contributed by atoms with E-state index in [1.807, 2.05) is 18.3 Å². The number of ether oxygens (including phenoxy) is 1. The third-order valence-corrected chi connectivity index (χ3v) is 12.3. The van der Waals surface area contributed by atoms with Crippen LogP contribution in [0.2, 0.25) is 0 Å². The summed E-state index contributed by atoms with van der Waals surface area (Å²) in [7, 11) is 1.71. The summed E-state index contributed by atoms with van der Waals surface area (Å²) >= 11 is 0. The lowest BCUT2D eigenvalue weighted by molar-refractivity contribution is 0.415. The number of anilines is 3. The standard InChI is InChI=1S/C57H40N2O/c1-60-48-34-32-47(33-35-48)59(55-23-11-14-40-12-2-4-17-49(40)55)46-30-28-44(29-31-46)57(53-21-8-6-19-51(53)52-20-7-9-22-54(52)57)45-16-10-15-43(38-45)39-24-26-42(27-25-39)56-50-18-5-3-13-41(50)36-37-58-56/h2-38H,1H3. The summed E-state index contributed by atoms with van der Waals surface area (Å²) in [6, 6.07) is 79.2. The number of rotatable bonds is 8. The van der Waals surface area contributed by atoms with E-state index in [2.05, 4.69) is 211 Å². The first-order valence-corrected chi connectivity index (χ1v) is 20.5. The Balaban J connectivity index is 1.06. The molecular weight excluding hydrogens is 729 g/mol. The first-order valence-electron chi connectivity index (χ1n) is 20.5. The highest BCUT2D eigenvalue weighted by Gasteiger charge is 2.46. The second-order valence-electron chi connectivity index (χ2n) is 15.5. The molecule has 0 saturated heterocycles. The Morgan fingerprint density at radius 3 is 1.70 bits per heavy atom. The molecule has 0 radical (unpaired) electrons. The molecule has 0 saturated carbocycles. The van der Waals surface area contributed by atoms with E-state index in [0.29, 0.717) is 0 Å². The number of nitrogens with zero attached hydrogens (tertiary/aromatic N) is 2. The Labute approximate surface area is 350 Å². The highest BCUT2D eigenvalue weighted by atomic mass is 16.5. The highest BCUT2D eigenvalue weighted by Crippen LogP contribution is 2.56. The van der Waals surface area contributed by atoms with Gasteiger partial charge in [0.1, 0.15) is 5.75 Å². The quantitative estimate of drug-likeness (QED) is 0.154. The first kappa shape index (κ1) is 35.4. The number of aromatic nitrogens is 1. The SMILES string of the molecule is COc1ccc(N(c2ccc(C3(c4cccc(-c5ccc(-c6nccc7ccccc67)cc5)c4)c4ccccc4-c4ccccc43)cc2)c2cccc3ccccc23)cc1. The molecule has 1 aliphatic carbocycles. The number of hydrogen-bond acceptors (Lipinski definition) is 3. The van der Waals surface area contributed by atoms with Gasteiger partial charge in [0.05, 0.1) is 23.9 Å². The van der Waals surface area contributed by atoms with Gasteiger partial charge in [-0.25, -0.2) is 0 Å². The van der Waals surface area contributed by atoms with Crippen LogP contribution in [0.25, 0.3) is 55.1 Å². The first-order chi connectivity index (χ1) is 29.7. The molecule has 11 rings (SSSR count). The minimum Gasteiger partial charge on any atom is -0.497 e. The van der Waals surface area contributed by atoms with Crippen molar-refractivity contribution in [2.45, 2.75) is 5.41 Å². The second-order valence-corrected chi connectivity index (χ2v) is 15.5. The van der Waals surface area contributed by atoms with Crippen LogP contribution in [0.4, 0.5) is 17.1 Å². The monoisotopic (exact) mass is 768 g/mol. The van der Waals surface area contributed by atoms with Crippen LogP contribution in [-0.2, 0) is 5.41 Å². The van der Waals surface area contributed by atoms with Crippen molar-refractivity contribution in [1.29, 1.82) is 0 Å². The van der Waals surface area contributed by atoms with E-state index in [9.17, 15) is 0 Å². The Hall–Kier alpha value is -7.75. The van der Waals surface area contributed by atoms with E-state index < -0.39 is 5.41 Å². The zero-order chi connectivity index (χ0) is 40.0. The molecule has 10 aromatic rings. The summed E-state index contributed by atoms with van der Waals surface area (Å²) in [5, 5.41) is 4.73. The van der Waals surface area contributed by atoms with E-state index in [1.165, 1.54) is 55.1 Å². The fourth-order valence-electron chi connectivity index (χ4n) is 9.55. The maximum atomic E-state index is 5.57. The van der Waals surface area contributed by atoms with Gasteiger partial charge in [0.25, 0.3) is 0 Å². The Bertz CT molecular complexity index is 3130. The number of fused-ring (bicyclic) bond motifs is 5. The Kier molecular flexibility index (Phi) is 8.60. The van der Waals surface area contributed by atoms with Crippen LogP contribution in [0.15, 0.2) is 225 Å². The molecule has 1 heterocycles. The van der Waals surface area contributed by atoms with E-state index in [1.54, 1.807) is 7.11 Å². The van der Waals surface area contributed by atoms with Gasteiger partial charge >= 0.3 is 0 Å². The van der Waals surface area contributed by atoms with Crippen molar-refractivity contribution in [2.24, 2.45) is 0 Å². The predicted octanol–water partition coefficient (Wildman–Crippen LogP) is 14.6. The summed E-state index contributed by atoms with van der Waals surface area (Å²) in [6.45, 7) is 0. The van der Waals surface area contributed by atoms with E-state index >= 15 is 0 Å². The Morgan fingerprint density at radius 2 is 1.00 bits per heavy atom. The van der Waals surface area contributed by atoms with Crippen molar-refractivity contribution < 1.29 is 4.74 Å². The molecule has 0 fully saturated rings.